The maximum atomic E-state index is 13.3. The number of amides is 3. The predicted octanol–water partition coefficient (Wildman–Crippen LogP) is 6.83. The van der Waals surface area contributed by atoms with Gasteiger partial charge in [-0.1, -0.05) is 53.8 Å². The van der Waals surface area contributed by atoms with E-state index in [9.17, 15) is 14.4 Å². The molecular formula is C33H28N4O4S2. The number of rotatable bonds is 10. The lowest BCUT2D eigenvalue weighted by molar-refractivity contribution is -0.115. The molecule has 1 heterocycles. The molecule has 1 atom stereocenters. The van der Waals surface area contributed by atoms with Crippen molar-refractivity contribution in [3.8, 4) is 5.75 Å². The fraction of sp³-hybridized carbons (Fsp3) is 0.0909. The number of benzene rings is 4. The minimum Gasteiger partial charge on any atom is -0.497 e. The van der Waals surface area contributed by atoms with Crippen molar-refractivity contribution in [2.75, 3.05) is 17.7 Å². The normalized spacial score (nSPS) is 11.9. The van der Waals surface area contributed by atoms with Gasteiger partial charge in [0.1, 0.15) is 11.4 Å². The topological polar surface area (TPSA) is 109 Å². The van der Waals surface area contributed by atoms with Gasteiger partial charge in [0.25, 0.3) is 11.8 Å². The molecule has 10 heteroatoms. The largest absolute Gasteiger partial charge is 0.497 e. The average molecular weight is 609 g/mol. The van der Waals surface area contributed by atoms with Crippen LogP contribution in [0.5, 0.6) is 5.75 Å². The van der Waals surface area contributed by atoms with Gasteiger partial charge < -0.3 is 20.7 Å². The third-order valence-electron chi connectivity index (χ3n) is 6.25. The third kappa shape index (κ3) is 7.88. The monoisotopic (exact) mass is 608 g/mol. The van der Waals surface area contributed by atoms with E-state index < -0.39 is 11.8 Å². The molecule has 3 amide bonds. The molecule has 8 nitrogen and oxygen atoms in total. The summed E-state index contributed by atoms with van der Waals surface area (Å²) in [5, 5.41) is 8.67. The van der Waals surface area contributed by atoms with E-state index in [0.717, 1.165) is 15.1 Å². The second kappa shape index (κ2) is 13.8. The van der Waals surface area contributed by atoms with E-state index in [4.69, 9.17) is 4.74 Å². The fourth-order valence-electron chi connectivity index (χ4n) is 4.05. The minimum absolute atomic E-state index is 0.0701. The zero-order valence-electron chi connectivity index (χ0n) is 23.4. The Hall–Kier alpha value is -4.93. The number of carbonyl (C=O) groups excluding carboxylic acids is 3. The van der Waals surface area contributed by atoms with Crippen LogP contribution in [0.15, 0.2) is 114 Å². The molecule has 0 aliphatic carbocycles. The van der Waals surface area contributed by atoms with Gasteiger partial charge in [-0.25, -0.2) is 4.98 Å². The zero-order valence-corrected chi connectivity index (χ0v) is 25.0. The molecule has 0 aliphatic heterocycles. The highest BCUT2D eigenvalue weighted by Gasteiger charge is 2.18. The third-order valence-corrected chi connectivity index (χ3v) is 8.32. The van der Waals surface area contributed by atoms with E-state index in [-0.39, 0.29) is 16.9 Å². The predicted molar refractivity (Wildman–Crippen MR) is 174 cm³/mol. The number of carbonyl (C=O) groups is 3. The number of anilines is 2. The Kier molecular flexibility index (Phi) is 9.50. The molecule has 0 bridgehead atoms. The Balaban J connectivity index is 1.25. The number of ether oxygens (including phenoxy) is 1. The standard InChI is InChI=1S/C33H28N4O4S2/c1-21(30(38)37-33-36-27-13-6-7-14-29(27)43-33)42-26-17-15-24(16-18-26)34-32(40)28(20-22-9-8-12-25(19-22)41-2)35-31(39)23-10-4-3-5-11-23/h3-21H,1-2H3,(H,34,40)(H,35,39)(H,36,37,38)/b28-20-. The molecule has 4 aromatic carbocycles. The number of nitrogens with one attached hydrogen (secondary N) is 3. The number of methoxy groups -OCH3 is 1. The summed E-state index contributed by atoms with van der Waals surface area (Å²) in [6.45, 7) is 1.83. The summed E-state index contributed by atoms with van der Waals surface area (Å²) in [6, 6.07) is 30.7. The van der Waals surface area contributed by atoms with Crippen molar-refractivity contribution in [3.63, 3.8) is 0 Å². The van der Waals surface area contributed by atoms with Gasteiger partial charge in [0.2, 0.25) is 5.91 Å². The van der Waals surface area contributed by atoms with Gasteiger partial charge in [0.15, 0.2) is 5.13 Å². The number of para-hydroxylation sites is 1. The van der Waals surface area contributed by atoms with Crippen molar-refractivity contribution < 1.29 is 19.1 Å². The zero-order chi connectivity index (χ0) is 30.2. The summed E-state index contributed by atoms with van der Waals surface area (Å²) in [5.74, 6) is -0.423. The minimum atomic E-state index is -0.490. The Labute approximate surface area is 257 Å². The second-order valence-corrected chi connectivity index (χ2v) is 11.8. The second-order valence-electron chi connectivity index (χ2n) is 9.37. The number of hydrogen-bond donors (Lipinski definition) is 3. The Bertz CT molecular complexity index is 1750. The maximum absolute atomic E-state index is 13.3. The van der Waals surface area contributed by atoms with E-state index in [0.29, 0.717) is 27.7 Å². The molecule has 5 rings (SSSR count). The number of nitrogens with zero attached hydrogens (tertiary/aromatic N) is 1. The van der Waals surface area contributed by atoms with E-state index in [1.807, 2.05) is 55.5 Å². The Morgan fingerprint density at radius 3 is 2.37 bits per heavy atom. The SMILES string of the molecule is COc1cccc(/C=C(\NC(=O)c2ccccc2)C(=O)Nc2ccc(SC(C)C(=O)Nc3nc4ccccc4s3)cc2)c1. The number of thiazole rings is 1. The van der Waals surface area contributed by atoms with Crippen LogP contribution >= 0.6 is 23.1 Å². The summed E-state index contributed by atoms with van der Waals surface area (Å²) in [6.07, 6.45) is 1.59. The molecule has 43 heavy (non-hydrogen) atoms. The molecule has 0 spiro atoms. The van der Waals surface area contributed by atoms with Gasteiger partial charge in [-0.05, 0) is 79.2 Å². The molecule has 0 aliphatic rings. The van der Waals surface area contributed by atoms with Crippen LogP contribution in [0.4, 0.5) is 10.8 Å². The Morgan fingerprint density at radius 2 is 1.63 bits per heavy atom. The van der Waals surface area contributed by atoms with E-state index in [1.165, 1.54) is 23.1 Å². The molecule has 216 valence electrons. The smallest absolute Gasteiger partial charge is 0.272 e. The maximum Gasteiger partial charge on any atom is 0.272 e. The van der Waals surface area contributed by atoms with Crippen molar-refractivity contribution in [2.45, 2.75) is 17.1 Å². The van der Waals surface area contributed by atoms with Crippen molar-refractivity contribution in [2.24, 2.45) is 0 Å². The average Bonchev–Trinajstić information content (AvgIpc) is 3.44. The highest BCUT2D eigenvalue weighted by molar-refractivity contribution is 8.00. The van der Waals surface area contributed by atoms with Crippen molar-refractivity contribution in [1.29, 1.82) is 0 Å². The van der Waals surface area contributed by atoms with Crippen LogP contribution in [-0.4, -0.2) is 35.1 Å². The van der Waals surface area contributed by atoms with Gasteiger partial charge in [-0.15, -0.1) is 11.8 Å². The van der Waals surface area contributed by atoms with Crippen molar-refractivity contribution in [1.82, 2.24) is 10.3 Å². The lowest BCUT2D eigenvalue weighted by Crippen LogP contribution is -2.30. The summed E-state index contributed by atoms with van der Waals surface area (Å²) in [5.41, 5.74) is 2.56. The summed E-state index contributed by atoms with van der Waals surface area (Å²) in [4.78, 5) is 44.3. The molecule has 0 saturated carbocycles. The molecule has 0 radical (unpaired) electrons. The van der Waals surface area contributed by atoms with Crippen molar-refractivity contribution in [3.05, 3.63) is 120 Å². The van der Waals surface area contributed by atoms with Crippen LogP contribution in [0.2, 0.25) is 0 Å². The lowest BCUT2D eigenvalue weighted by atomic mass is 10.1. The van der Waals surface area contributed by atoms with Gasteiger partial charge in [-0.2, -0.15) is 0 Å². The number of aromatic nitrogens is 1. The molecule has 1 unspecified atom stereocenters. The van der Waals surface area contributed by atoms with Crippen LogP contribution in [0.25, 0.3) is 16.3 Å². The number of thioether (sulfide) groups is 1. The highest BCUT2D eigenvalue weighted by atomic mass is 32.2. The van der Waals surface area contributed by atoms with Crippen LogP contribution in [-0.2, 0) is 9.59 Å². The quantitative estimate of drug-likeness (QED) is 0.118. The van der Waals surface area contributed by atoms with Crippen LogP contribution in [0.1, 0.15) is 22.8 Å². The molecular weight excluding hydrogens is 581 g/mol. The van der Waals surface area contributed by atoms with E-state index in [1.54, 1.807) is 67.8 Å². The van der Waals surface area contributed by atoms with Crippen LogP contribution < -0.4 is 20.7 Å². The summed E-state index contributed by atoms with van der Waals surface area (Å²) < 4.78 is 6.30. The summed E-state index contributed by atoms with van der Waals surface area (Å²) in [7, 11) is 1.56. The Morgan fingerprint density at radius 1 is 0.884 bits per heavy atom. The highest BCUT2D eigenvalue weighted by Crippen LogP contribution is 2.29. The molecule has 0 saturated heterocycles. The van der Waals surface area contributed by atoms with Gasteiger partial charge in [-0.3, -0.25) is 14.4 Å². The van der Waals surface area contributed by atoms with E-state index >= 15 is 0 Å². The van der Waals surface area contributed by atoms with Crippen LogP contribution in [0, 0.1) is 0 Å². The summed E-state index contributed by atoms with van der Waals surface area (Å²) >= 11 is 2.83. The van der Waals surface area contributed by atoms with Gasteiger partial charge in [0.05, 0.1) is 22.6 Å². The first-order valence-electron chi connectivity index (χ1n) is 13.3. The first kappa shape index (κ1) is 29.6. The molecule has 3 N–H and O–H groups in total. The molecule has 1 aromatic heterocycles. The number of hydrogen-bond acceptors (Lipinski definition) is 7. The molecule has 5 aromatic rings. The van der Waals surface area contributed by atoms with Gasteiger partial charge in [0, 0.05) is 16.1 Å². The van der Waals surface area contributed by atoms with E-state index in [2.05, 4.69) is 20.9 Å². The van der Waals surface area contributed by atoms with Gasteiger partial charge >= 0.3 is 0 Å². The number of fused-ring (bicyclic) bond motifs is 1. The van der Waals surface area contributed by atoms with Crippen molar-refractivity contribution >= 4 is 67.9 Å². The first-order valence-corrected chi connectivity index (χ1v) is 15.0. The van der Waals surface area contributed by atoms with Crippen LogP contribution in [0.3, 0.4) is 0 Å². The molecule has 0 fully saturated rings. The lowest BCUT2D eigenvalue weighted by Gasteiger charge is -2.13. The fourth-order valence-corrected chi connectivity index (χ4v) is 5.78. The first-order chi connectivity index (χ1) is 20.9.